The Labute approximate surface area is 125 Å². The Hall–Kier alpha value is -1.87. The minimum absolute atomic E-state index is 0.258. The van der Waals surface area contributed by atoms with E-state index in [4.69, 9.17) is 10.5 Å². The van der Waals surface area contributed by atoms with E-state index in [1.165, 1.54) is 6.07 Å². The molecule has 3 heteroatoms. The molecule has 0 amide bonds. The Morgan fingerprint density at radius 1 is 1.05 bits per heavy atom. The standard InChI is InChI=1S/C18H22FNO/c1-3-13-9-5-8-12-17(13)21-18(16(20)4-2)14-10-6-7-11-15(14)19/h5-12,16,18H,3-4,20H2,1-2H3. The molecule has 0 spiro atoms. The first-order chi connectivity index (χ1) is 10.2. The molecule has 112 valence electrons. The zero-order chi connectivity index (χ0) is 15.2. The summed E-state index contributed by atoms with van der Waals surface area (Å²) in [5, 5.41) is 0. The second kappa shape index (κ2) is 7.23. The van der Waals surface area contributed by atoms with Gasteiger partial charge in [-0.1, -0.05) is 50.2 Å². The minimum atomic E-state index is -0.483. The lowest BCUT2D eigenvalue weighted by Crippen LogP contribution is -2.32. The molecule has 21 heavy (non-hydrogen) atoms. The molecule has 2 unspecified atom stereocenters. The molecule has 2 nitrogen and oxygen atoms in total. The van der Waals surface area contributed by atoms with E-state index in [9.17, 15) is 4.39 Å². The van der Waals surface area contributed by atoms with Crippen LogP contribution in [0.5, 0.6) is 5.75 Å². The summed E-state index contributed by atoms with van der Waals surface area (Å²) in [4.78, 5) is 0. The average Bonchev–Trinajstić information content (AvgIpc) is 2.53. The van der Waals surface area contributed by atoms with Crippen LogP contribution >= 0.6 is 0 Å². The van der Waals surface area contributed by atoms with Crippen molar-refractivity contribution >= 4 is 0 Å². The van der Waals surface area contributed by atoms with Crippen LogP contribution in [0.2, 0.25) is 0 Å². The number of aryl methyl sites for hydroxylation is 1. The van der Waals surface area contributed by atoms with E-state index in [2.05, 4.69) is 6.92 Å². The van der Waals surface area contributed by atoms with Crippen molar-refractivity contribution in [2.24, 2.45) is 5.73 Å². The van der Waals surface area contributed by atoms with E-state index in [0.717, 1.165) is 17.7 Å². The minimum Gasteiger partial charge on any atom is -0.484 e. The molecule has 2 aromatic carbocycles. The number of rotatable bonds is 6. The molecule has 0 saturated heterocycles. The fourth-order valence-electron chi connectivity index (χ4n) is 2.35. The molecule has 0 bridgehead atoms. The topological polar surface area (TPSA) is 35.2 Å². The van der Waals surface area contributed by atoms with Gasteiger partial charge in [-0.15, -0.1) is 0 Å². The first-order valence-corrected chi connectivity index (χ1v) is 7.41. The van der Waals surface area contributed by atoms with Crippen molar-refractivity contribution in [2.75, 3.05) is 0 Å². The summed E-state index contributed by atoms with van der Waals surface area (Å²) in [5.41, 5.74) is 7.78. The summed E-state index contributed by atoms with van der Waals surface area (Å²) in [6.07, 6.45) is 1.10. The van der Waals surface area contributed by atoms with Crippen molar-refractivity contribution in [3.8, 4) is 5.75 Å². The van der Waals surface area contributed by atoms with E-state index in [1.54, 1.807) is 12.1 Å². The van der Waals surface area contributed by atoms with Gasteiger partial charge in [0.15, 0.2) is 0 Å². The van der Waals surface area contributed by atoms with Gasteiger partial charge in [-0.3, -0.25) is 0 Å². The van der Waals surface area contributed by atoms with Gasteiger partial charge in [0.1, 0.15) is 17.7 Å². The summed E-state index contributed by atoms with van der Waals surface area (Å²) in [5.74, 6) is 0.498. The Kier molecular flexibility index (Phi) is 5.34. The molecule has 0 saturated carbocycles. The SMILES string of the molecule is CCc1ccccc1OC(c1ccccc1F)C(N)CC. The fraction of sp³-hybridized carbons (Fsp3) is 0.333. The van der Waals surface area contributed by atoms with Crippen molar-refractivity contribution in [1.82, 2.24) is 0 Å². The highest BCUT2D eigenvalue weighted by atomic mass is 19.1. The molecule has 0 radical (unpaired) electrons. The molecular formula is C18H22FNO. The number of halogens is 1. The Balaban J connectivity index is 2.36. The summed E-state index contributed by atoms with van der Waals surface area (Å²) >= 11 is 0. The smallest absolute Gasteiger partial charge is 0.142 e. The highest BCUT2D eigenvalue weighted by molar-refractivity contribution is 5.34. The number of para-hydroxylation sites is 1. The summed E-state index contributed by atoms with van der Waals surface area (Å²) in [7, 11) is 0. The van der Waals surface area contributed by atoms with Gasteiger partial charge in [0.2, 0.25) is 0 Å². The van der Waals surface area contributed by atoms with Crippen LogP contribution in [0, 0.1) is 5.82 Å². The van der Waals surface area contributed by atoms with E-state index in [-0.39, 0.29) is 11.9 Å². The van der Waals surface area contributed by atoms with Gasteiger partial charge in [-0.2, -0.15) is 0 Å². The third-order valence-electron chi connectivity index (χ3n) is 3.68. The van der Waals surface area contributed by atoms with Crippen LogP contribution in [-0.4, -0.2) is 6.04 Å². The largest absolute Gasteiger partial charge is 0.484 e. The molecular weight excluding hydrogens is 265 g/mol. The van der Waals surface area contributed by atoms with Gasteiger partial charge in [-0.25, -0.2) is 4.39 Å². The molecule has 2 rings (SSSR count). The monoisotopic (exact) mass is 287 g/mol. The van der Waals surface area contributed by atoms with Crippen LogP contribution in [0.4, 0.5) is 4.39 Å². The van der Waals surface area contributed by atoms with E-state index < -0.39 is 6.10 Å². The average molecular weight is 287 g/mol. The second-order valence-electron chi connectivity index (χ2n) is 5.09. The van der Waals surface area contributed by atoms with E-state index in [1.807, 2.05) is 37.3 Å². The number of benzene rings is 2. The third-order valence-corrected chi connectivity index (χ3v) is 3.68. The Morgan fingerprint density at radius 3 is 2.38 bits per heavy atom. The molecule has 2 atom stereocenters. The zero-order valence-electron chi connectivity index (χ0n) is 12.6. The summed E-state index contributed by atoms with van der Waals surface area (Å²) in [6, 6.07) is 14.2. The van der Waals surface area contributed by atoms with Gasteiger partial charge in [0.25, 0.3) is 0 Å². The molecule has 2 aromatic rings. The van der Waals surface area contributed by atoms with Crippen molar-refractivity contribution in [3.63, 3.8) is 0 Å². The quantitative estimate of drug-likeness (QED) is 0.862. The van der Waals surface area contributed by atoms with Crippen molar-refractivity contribution < 1.29 is 9.13 Å². The van der Waals surface area contributed by atoms with Crippen molar-refractivity contribution in [2.45, 2.75) is 38.8 Å². The zero-order valence-corrected chi connectivity index (χ0v) is 12.6. The van der Waals surface area contributed by atoms with Gasteiger partial charge < -0.3 is 10.5 Å². The van der Waals surface area contributed by atoms with Crippen LogP contribution < -0.4 is 10.5 Å². The maximum absolute atomic E-state index is 14.1. The maximum Gasteiger partial charge on any atom is 0.142 e. The van der Waals surface area contributed by atoms with Gasteiger partial charge in [0, 0.05) is 11.6 Å². The Morgan fingerprint density at radius 2 is 1.71 bits per heavy atom. The van der Waals surface area contributed by atoms with Gasteiger partial charge >= 0.3 is 0 Å². The number of hydrogen-bond acceptors (Lipinski definition) is 2. The van der Waals surface area contributed by atoms with Crippen molar-refractivity contribution in [1.29, 1.82) is 0 Å². The summed E-state index contributed by atoms with van der Waals surface area (Å²) in [6.45, 7) is 4.05. The Bertz CT molecular complexity index is 585. The van der Waals surface area contributed by atoms with Crippen LogP contribution in [0.15, 0.2) is 48.5 Å². The number of hydrogen-bond donors (Lipinski definition) is 1. The van der Waals surface area contributed by atoms with E-state index in [0.29, 0.717) is 12.0 Å². The van der Waals surface area contributed by atoms with Crippen LogP contribution in [0.1, 0.15) is 37.5 Å². The first kappa shape index (κ1) is 15.5. The number of nitrogens with two attached hydrogens (primary N) is 1. The molecule has 0 aliphatic heterocycles. The molecule has 2 N–H and O–H groups in total. The highest BCUT2D eigenvalue weighted by Gasteiger charge is 2.24. The lowest BCUT2D eigenvalue weighted by Gasteiger charge is -2.26. The predicted molar refractivity (Wildman–Crippen MR) is 83.9 cm³/mol. The van der Waals surface area contributed by atoms with Crippen LogP contribution in [-0.2, 0) is 6.42 Å². The normalized spacial score (nSPS) is 13.7. The predicted octanol–water partition coefficient (Wildman–Crippen LogP) is 4.25. The highest BCUT2D eigenvalue weighted by Crippen LogP contribution is 2.29. The van der Waals surface area contributed by atoms with E-state index >= 15 is 0 Å². The molecule has 0 fully saturated rings. The fourth-order valence-corrected chi connectivity index (χ4v) is 2.35. The second-order valence-corrected chi connectivity index (χ2v) is 5.09. The van der Waals surface area contributed by atoms with Crippen LogP contribution in [0.3, 0.4) is 0 Å². The lowest BCUT2D eigenvalue weighted by molar-refractivity contribution is 0.165. The van der Waals surface area contributed by atoms with Crippen molar-refractivity contribution in [3.05, 3.63) is 65.5 Å². The maximum atomic E-state index is 14.1. The first-order valence-electron chi connectivity index (χ1n) is 7.41. The number of ether oxygens (including phenoxy) is 1. The third kappa shape index (κ3) is 3.61. The molecule has 0 aliphatic rings. The molecule has 0 aliphatic carbocycles. The van der Waals surface area contributed by atoms with Gasteiger partial charge in [0.05, 0.1) is 0 Å². The molecule has 0 heterocycles. The lowest BCUT2D eigenvalue weighted by atomic mass is 10.00. The van der Waals surface area contributed by atoms with Gasteiger partial charge in [-0.05, 0) is 30.5 Å². The summed E-state index contributed by atoms with van der Waals surface area (Å²) < 4.78 is 20.2. The molecule has 0 aromatic heterocycles. The van der Waals surface area contributed by atoms with Crippen LogP contribution in [0.25, 0.3) is 0 Å².